The molecule has 7 nitrogen and oxygen atoms in total. The van der Waals surface area contributed by atoms with Gasteiger partial charge in [0.05, 0.1) is 16.9 Å². The van der Waals surface area contributed by atoms with Gasteiger partial charge in [-0.2, -0.15) is 5.10 Å². The van der Waals surface area contributed by atoms with Gasteiger partial charge in [0.1, 0.15) is 6.33 Å². The Hall–Kier alpha value is -4.26. The van der Waals surface area contributed by atoms with Crippen LogP contribution < -0.4 is 5.32 Å². The summed E-state index contributed by atoms with van der Waals surface area (Å²) in [6.45, 7) is 0.357. The van der Waals surface area contributed by atoms with Crippen LogP contribution in [0.15, 0.2) is 91.5 Å². The van der Waals surface area contributed by atoms with Crippen LogP contribution in [0.2, 0.25) is 0 Å². The summed E-state index contributed by atoms with van der Waals surface area (Å²) in [6, 6.07) is 23.4. The van der Waals surface area contributed by atoms with Crippen molar-refractivity contribution in [2.45, 2.75) is 6.54 Å². The molecular weight excluding hydrogens is 376 g/mol. The van der Waals surface area contributed by atoms with Crippen molar-refractivity contribution in [2.75, 3.05) is 0 Å². The first-order valence-corrected chi connectivity index (χ1v) is 9.55. The minimum absolute atomic E-state index is 0.169. The van der Waals surface area contributed by atoms with Crippen molar-refractivity contribution >= 4 is 11.6 Å². The summed E-state index contributed by atoms with van der Waals surface area (Å²) in [4.78, 5) is 12.7. The molecule has 3 heterocycles. The highest BCUT2D eigenvalue weighted by Crippen LogP contribution is 2.23. The molecule has 0 saturated carbocycles. The second-order valence-corrected chi connectivity index (χ2v) is 6.85. The Labute approximate surface area is 172 Å². The van der Waals surface area contributed by atoms with Crippen LogP contribution in [0.25, 0.3) is 22.6 Å². The Morgan fingerprint density at radius 1 is 0.900 bits per heavy atom. The van der Waals surface area contributed by atoms with Crippen molar-refractivity contribution in [3.05, 3.63) is 103 Å². The smallest absolute Gasteiger partial charge is 0.253 e. The number of nitrogens with one attached hydrogen (secondary N) is 1. The molecule has 5 rings (SSSR count). The summed E-state index contributed by atoms with van der Waals surface area (Å²) >= 11 is 0. The minimum atomic E-state index is -0.169. The maximum atomic E-state index is 12.7. The lowest BCUT2D eigenvalue weighted by Crippen LogP contribution is -2.23. The third-order valence-electron chi connectivity index (χ3n) is 4.85. The molecule has 0 atom stereocenters. The average molecular weight is 394 g/mol. The monoisotopic (exact) mass is 394 g/mol. The fourth-order valence-corrected chi connectivity index (χ4v) is 3.33. The van der Waals surface area contributed by atoms with Gasteiger partial charge in [-0.25, -0.2) is 4.68 Å². The standard InChI is InChI=1S/C23H18N6O/c30-23(18-11-12-21-26-25-16-28(21)14-18)24-13-19-15-29(20-9-5-2-6-10-20)27-22(19)17-7-3-1-4-8-17/h1-12,14-16H,13H2,(H,24,30). The Bertz CT molecular complexity index is 1310. The van der Waals surface area contributed by atoms with Crippen molar-refractivity contribution in [1.29, 1.82) is 0 Å². The van der Waals surface area contributed by atoms with Crippen LogP contribution in [0.3, 0.4) is 0 Å². The predicted octanol–water partition coefficient (Wildman–Crippen LogP) is 3.51. The number of para-hydroxylation sites is 1. The highest BCUT2D eigenvalue weighted by molar-refractivity contribution is 5.94. The SMILES string of the molecule is O=C(NCc1cn(-c2ccccc2)nc1-c1ccccc1)c1ccc2nncn2c1. The third kappa shape index (κ3) is 3.44. The van der Waals surface area contributed by atoms with Gasteiger partial charge < -0.3 is 5.32 Å². The summed E-state index contributed by atoms with van der Waals surface area (Å²) in [7, 11) is 0. The minimum Gasteiger partial charge on any atom is -0.348 e. The van der Waals surface area contributed by atoms with Crippen molar-refractivity contribution in [1.82, 2.24) is 29.7 Å². The molecule has 1 N–H and O–H groups in total. The highest BCUT2D eigenvalue weighted by atomic mass is 16.1. The third-order valence-corrected chi connectivity index (χ3v) is 4.85. The van der Waals surface area contributed by atoms with Gasteiger partial charge in [-0.15, -0.1) is 10.2 Å². The molecule has 0 bridgehead atoms. The quantitative estimate of drug-likeness (QED) is 0.495. The molecule has 1 amide bonds. The summed E-state index contributed by atoms with van der Waals surface area (Å²) in [5.74, 6) is -0.169. The van der Waals surface area contributed by atoms with Crippen molar-refractivity contribution in [3.63, 3.8) is 0 Å². The lowest BCUT2D eigenvalue weighted by atomic mass is 10.1. The predicted molar refractivity (Wildman–Crippen MR) is 113 cm³/mol. The first-order chi connectivity index (χ1) is 14.8. The Morgan fingerprint density at radius 2 is 1.67 bits per heavy atom. The van der Waals surface area contributed by atoms with Gasteiger partial charge in [0.2, 0.25) is 0 Å². The second-order valence-electron chi connectivity index (χ2n) is 6.85. The van der Waals surface area contributed by atoms with Crippen molar-refractivity contribution in [2.24, 2.45) is 0 Å². The zero-order valence-electron chi connectivity index (χ0n) is 16.0. The molecule has 146 valence electrons. The number of hydrogen-bond acceptors (Lipinski definition) is 4. The molecule has 2 aromatic carbocycles. The van der Waals surface area contributed by atoms with E-state index in [1.165, 1.54) is 0 Å². The van der Waals surface area contributed by atoms with E-state index in [1.54, 1.807) is 29.1 Å². The normalized spacial score (nSPS) is 10.9. The van der Waals surface area contributed by atoms with Crippen molar-refractivity contribution < 1.29 is 4.79 Å². The van der Waals surface area contributed by atoms with E-state index < -0.39 is 0 Å². The number of hydrogen-bond donors (Lipinski definition) is 1. The number of rotatable bonds is 5. The fraction of sp³-hybridized carbons (Fsp3) is 0.0435. The van der Waals surface area contributed by atoms with E-state index >= 15 is 0 Å². The maximum Gasteiger partial charge on any atom is 0.253 e. The molecule has 0 aliphatic heterocycles. The molecule has 0 aliphatic carbocycles. The van der Waals surface area contributed by atoms with Crippen LogP contribution in [-0.2, 0) is 6.54 Å². The van der Waals surface area contributed by atoms with Crippen LogP contribution >= 0.6 is 0 Å². The van der Waals surface area contributed by atoms with Gasteiger partial charge in [-0.1, -0.05) is 48.5 Å². The molecule has 0 fully saturated rings. The molecular formula is C23H18N6O. The first-order valence-electron chi connectivity index (χ1n) is 9.55. The highest BCUT2D eigenvalue weighted by Gasteiger charge is 2.14. The van der Waals surface area contributed by atoms with Gasteiger partial charge in [0, 0.05) is 30.1 Å². The number of aromatic nitrogens is 5. The number of carbonyl (C=O) groups is 1. The van der Waals surface area contributed by atoms with Gasteiger partial charge in [-0.3, -0.25) is 9.20 Å². The lowest BCUT2D eigenvalue weighted by molar-refractivity contribution is 0.0950. The van der Waals surface area contributed by atoms with Crippen molar-refractivity contribution in [3.8, 4) is 16.9 Å². The fourth-order valence-electron chi connectivity index (χ4n) is 3.33. The average Bonchev–Trinajstić information content (AvgIpc) is 3.45. The van der Waals surface area contributed by atoms with Crippen LogP contribution in [0.5, 0.6) is 0 Å². The molecule has 0 radical (unpaired) electrons. The summed E-state index contributed by atoms with van der Waals surface area (Å²) in [5, 5.41) is 15.6. The molecule has 30 heavy (non-hydrogen) atoms. The van der Waals surface area contributed by atoms with Crippen LogP contribution in [0, 0.1) is 0 Å². The van der Waals surface area contributed by atoms with E-state index in [1.807, 2.05) is 71.5 Å². The molecule has 0 unspecified atom stereocenters. The Morgan fingerprint density at radius 3 is 2.47 bits per heavy atom. The summed E-state index contributed by atoms with van der Waals surface area (Å²) in [6.07, 6.45) is 5.25. The van der Waals surface area contributed by atoms with E-state index in [0.717, 1.165) is 22.5 Å². The number of fused-ring (bicyclic) bond motifs is 1. The topological polar surface area (TPSA) is 77.1 Å². The maximum absolute atomic E-state index is 12.7. The number of nitrogens with zero attached hydrogens (tertiary/aromatic N) is 5. The van der Waals surface area contributed by atoms with E-state index in [2.05, 4.69) is 15.5 Å². The summed E-state index contributed by atoms with van der Waals surface area (Å²) in [5.41, 5.74) is 4.98. The molecule has 5 aromatic rings. The lowest BCUT2D eigenvalue weighted by Gasteiger charge is -2.06. The number of benzene rings is 2. The van der Waals surface area contributed by atoms with E-state index in [4.69, 9.17) is 5.10 Å². The zero-order valence-corrected chi connectivity index (χ0v) is 16.0. The number of carbonyl (C=O) groups excluding carboxylic acids is 1. The molecule has 0 aliphatic rings. The molecule has 7 heteroatoms. The second kappa shape index (κ2) is 7.63. The number of amides is 1. The van der Waals surface area contributed by atoms with E-state index in [9.17, 15) is 4.79 Å². The van der Waals surface area contributed by atoms with Gasteiger partial charge >= 0.3 is 0 Å². The van der Waals surface area contributed by atoms with Crippen LogP contribution in [0.4, 0.5) is 0 Å². The number of pyridine rings is 1. The largest absolute Gasteiger partial charge is 0.348 e. The van der Waals surface area contributed by atoms with Gasteiger partial charge in [0.15, 0.2) is 5.65 Å². The Balaban J connectivity index is 1.44. The van der Waals surface area contributed by atoms with Gasteiger partial charge in [0.25, 0.3) is 5.91 Å². The zero-order chi connectivity index (χ0) is 20.3. The van der Waals surface area contributed by atoms with Gasteiger partial charge in [-0.05, 0) is 24.3 Å². The van der Waals surface area contributed by atoms with E-state index in [0.29, 0.717) is 17.8 Å². The van der Waals surface area contributed by atoms with Crippen LogP contribution in [-0.4, -0.2) is 30.3 Å². The van der Waals surface area contributed by atoms with Crippen LogP contribution in [0.1, 0.15) is 15.9 Å². The molecule has 0 spiro atoms. The Kier molecular flexibility index (Phi) is 4.53. The summed E-state index contributed by atoms with van der Waals surface area (Å²) < 4.78 is 3.56. The van der Waals surface area contributed by atoms with E-state index in [-0.39, 0.29) is 5.91 Å². The molecule has 3 aromatic heterocycles. The molecule has 0 saturated heterocycles. The first kappa shape index (κ1) is 17.8.